The minimum Gasteiger partial charge on any atom is -0.506 e. The first kappa shape index (κ1) is 22.4. The van der Waals surface area contributed by atoms with Crippen molar-refractivity contribution in [2.24, 2.45) is 0 Å². The van der Waals surface area contributed by atoms with Gasteiger partial charge in [0, 0.05) is 25.1 Å². The van der Waals surface area contributed by atoms with Gasteiger partial charge in [-0.3, -0.25) is 14.4 Å². The molecule has 0 saturated carbocycles. The second-order valence-corrected chi connectivity index (χ2v) is 8.61. The number of sulfonamides is 1. The standard InChI is InChI=1S/C18H23ClN2O6S/c1-5-11(6-2)20-14-12(16(23)17(14)24)9-10-7-8-13(19)18(15(10)22)28(25,26)21(3)27-4/h7-8,11,20,22H,5-6,9H2,1-4H3. The van der Waals surface area contributed by atoms with Crippen molar-refractivity contribution in [3.8, 4) is 5.75 Å². The number of hydrogen-bond acceptors (Lipinski definition) is 7. The monoisotopic (exact) mass is 430 g/mol. The van der Waals surface area contributed by atoms with Crippen LogP contribution >= 0.6 is 11.6 Å². The Kier molecular flexibility index (Phi) is 6.87. The summed E-state index contributed by atoms with van der Waals surface area (Å²) in [5.74, 6) is -0.585. The van der Waals surface area contributed by atoms with Crippen LogP contribution in [0.2, 0.25) is 5.02 Å². The molecule has 8 nitrogen and oxygen atoms in total. The Morgan fingerprint density at radius 1 is 1.21 bits per heavy atom. The van der Waals surface area contributed by atoms with E-state index in [0.717, 1.165) is 27.0 Å². The lowest BCUT2D eigenvalue weighted by molar-refractivity contribution is -0.0259. The number of nitrogens with one attached hydrogen (secondary N) is 1. The molecule has 28 heavy (non-hydrogen) atoms. The van der Waals surface area contributed by atoms with E-state index in [1.54, 1.807) is 0 Å². The Morgan fingerprint density at radius 3 is 2.36 bits per heavy atom. The first-order valence-corrected chi connectivity index (χ1v) is 10.5. The number of halogens is 1. The molecule has 0 aliphatic heterocycles. The van der Waals surface area contributed by atoms with Crippen molar-refractivity contribution in [3.05, 3.63) is 48.7 Å². The maximum atomic E-state index is 12.5. The van der Waals surface area contributed by atoms with Gasteiger partial charge in [0.25, 0.3) is 10.0 Å². The Bertz CT molecular complexity index is 1040. The summed E-state index contributed by atoms with van der Waals surface area (Å²) in [4.78, 5) is 28.2. The highest BCUT2D eigenvalue weighted by Crippen LogP contribution is 2.36. The van der Waals surface area contributed by atoms with Gasteiger partial charge in [0.05, 0.1) is 17.8 Å². The van der Waals surface area contributed by atoms with Crippen LogP contribution in [0.3, 0.4) is 0 Å². The van der Waals surface area contributed by atoms with Gasteiger partial charge in [-0.25, -0.2) is 8.42 Å². The molecule has 0 amide bonds. The number of rotatable bonds is 9. The zero-order valence-electron chi connectivity index (χ0n) is 16.1. The van der Waals surface area contributed by atoms with Gasteiger partial charge < -0.3 is 10.4 Å². The normalized spacial score (nSPS) is 12.2. The highest BCUT2D eigenvalue weighted by atomic mass is 35.5. The zero-order chi connectivity index (χ0) is 21.2. The number of phenolic OH excluding ortho intramolecular Hbond substituents is 1. The van der Waals surface area contributed by atoms with E-state index < -0.39 is 31.5 Å². The number of benzene rings is 1. The van der Waals surface area contributed by atoms with Crippen LogP contribution in [0, 0.1) is 0 Å². The number of hydrogen-bond donors (Lipinski definition) is 2. The van der Waals surface area contributed by atoms with Gasteiger partial charge >= 0.3 is 0 Å². The molecule has 2 rings (SSSR count). The smallest absolute Gasteiger partial charge is 0.269 e. The average Bonchev–Trinajstić information content (AvgIpc) is 2.67. The summed E-state index contributed by atoms with van der Waals surface area (Å²) >= 11 is 5.99. The molecule has 0 saturated heterocycles. The predicted octanol–water partition coefficient (Wildman–Crippen LogP) is 2.01. The van der Waals surface area contributed by atoms with Crippen LogP contribution in [0.15, 0.2) is 26.6 Å². The second-order valence-electron chi connectivity index (χ2n) is 6.33. The van der Waals surface area contributed by atoms with Crippen molar-refractivity contribution in [2.75, 3.05) is 19.5 Å². The van der Waals surface area contributed by atoms with Crippen LogP contribution in [0.4, 0.5) is 5.69 Å². The average molecular weight is 431 g/mol. The number of phenols is 1. The fourth-order valence-electron chi connectivity index (χ4n) is 2.85. The second kappa shape index (κ2) is 8.60. The minimum atomic E-state index is -4.22. The molecule has 0 radical (unpaired) electrons. The molecular formula is C18H23ClN2O6S. The highest BCUT2D eigenvalue weighted by Gasteiger charge is 2.30. The Morgan fingerprint density at radius 2 is 1.82 bits per heavy atom. The molecule has 0 aromatic heterocycles. The van der Waals surface area contributed by atoms with Gasteiger partial charge in [-0.2, -0.15) is 0 Å². The molecule has 0 spiro atoms. The Hall–Kier alpha value is -1.94. The van der Waals surface area contributed by atoms with Crippen LogP contribution in [0.25, 0.3) is 0 Å². The molecule has 0 unspecified atom stereocenters. The van der Waals surface area contributed by atoms with Crippen LogP contribution in [-0.4, -0.2) is 38.2 Å². The molecule has 0 atom stereocenters. The van der Waals surface area contributed by atoms with Crippen molar-refractivity contribution >= 4 is 27.3 Å². The largest absolute Gasteiger partial charge is 0.506 e. The van der Waals surface area contributed by atoms with E-state index in [1.807, 2.05) is 13.8 Å². The summed E-state index contributed by atoms with van der Waals surface area (Å²) < 4.78 is 25.6. The first-order chi connectivity index (χ1) is 13.1. The molecule has 2 N–H and O–H groups in total. The summed E-state index contributed by atoms with van der Waals surface area (Å²) in [5.41, 5.74) is -0.680. The van der Waals surface area contributed by atoms with Crippen molar-refractivity contribution < 1.29 is 18.4 Å². The molecule has 0 aliphatic rings. The predicted molar refractivity (Wildman–Crippen MR) is 107 cm³/mol. The highest BCUT2D eigenvalue weighted by molar-refractivity contribution is 7.89. The van der Waals surface area contributed by atoms with E-state index >= 15 is 0 Å². The summed E-state index contributed by atoms with van der Waals surface area (Å²) in [6.45, 7) is 3.92. The topological polar surface area (TPSA) is 113 Å². The molecule has 0 bridgehead atoms. The summed E-state index contributed by atoms with van der Waals surface area (Å²) in [6, 6.07) is 2.76. The third-order valence-corrected chi connectivity index (χ3v) is 6.91. The summed E-state index contributed by atoms with van der Waals surface area (Å²) in [5, 5.41) is 13.4. The first-order valence-electron chi connectivity index (χ1n) is 8.72. The van der Waals surface area contributed by atoms with Gasteiger partial charge in [0.2, 0.25) is 10.9 Å². The maximum Gasteiger partial charge on any atom is 0.269 e. The van der Waals surface area contributed by atoms with E-state index in [-0.39, 0.29) is 34.3 Å². The summed E-state index contributed by atoms with van der Waals surface area (Å²) in [7, 11) is -1.90. The van der Waals surface area contributed by atoms with Gasteiger partial charge in [-0.15, -0.1) is 0 Å². The molecule has 0 heterocycles. The third-order valence-electron chi connectivity index (χ3n) is 4.73. The van der Waals surface area contributed by atoms with Crippen molar-refractivity contribution in [3.63, 3.8) is 0 Å². The van der Waals surface area contributed by atoms with Gasteiger partial charge in [0.15, 0.2) is 0 Å². The third kappa shape index (κ3) is 3.93. The fraction of sp³-hybridized carbons (Fsp3) is 0.444. The lowest BCUT2D eigenvalue weighted by Crippen LogP contribution is -2.40. The van der Waals surface area contributed by atoms with Crippen molar-refractivity contribution in [2.45, 2.75) is 44.0 Å². The quantitative estimate of drug-likeness (QED) is 0.462. The van der Waals surface area contributed by atoms with Gasteiger partial charge in [0.1, 0.15) is 10.6 Å². The molecule has 0 fully saturated rings. The summed E-state index contributed by atoms with van der Waals surface area (Å²) in [6.07, 6.45) is 1.44. The van der Waals surface area contributed by atoms with E-state index in [2.05, 4.69) is 5.32 Å². The van der Waals surface area contributed by atoms with Gasteiger partial charge in [-0.1, -0.05) is 36.0 Å². The minimum absolute atomic E-state index is 0.0344. The van der Waals surface area contributed by atoms with E-state index in [4.69, 9.17) is 16.4 Å². The van der Waals surface area contributed by atoms with Crippen LogP contribution < -0.4 is 16.2 Å². The number of aromatic hydroxyl groups is 1. The maximum absolute atomic E-state index is 12.5. The van der Waals surface area contributed by atoms with Crippen LogP contribution in [-0.2, 0) is 21.3 Å². The van der Waals surface area contributed by atoms with Crippen LogP contribution in [0.5, 0.6) is 5.75 Å². The van der Waals surface area contributed by atoms with E-state index in [1.165, 1.54) is 12.1 Å². The molecule has 2 aromatic carbocycles. The number of nitrogens with zero attached hydrogens (tertiary/aromatic N) is 1. The zero-order valence-corrected chi connectivity index (χ0v) is 17.6. The lowest BCUT2D eigenvalue weighted by atomic mass is 9.97. The number of hydroxylamine groups is 1. The molecule has 0 aliphatic carbocycles. The SMILES string of the molecule is CCC(CC)Nc1c(Cc2ccc(Cl)c(S(=O)(=O)N(C)OC)c2O)c(=O)c1=O. The Balaban J connectivity index is 2.48. The molecule has 10 heteroatoms. The number of anilines is 1. The van der Waals surface area contributed by atoms with Gasteiger partial charge in [-0.05, 0) is 24.5 Å². The molecular weight excluding hydrogens is 408 g/mol. The molecule has 154 valence electrons. The van der Waals surface area contributed by atoms with E-state index in [9.17, 15) is 23.1 Å². The van der Waals surface area contributed by atoms with E-state index in [0.29, 0.717) is 4.47 Å². The van der Waals surface area contributed by atoms with Crippen molar-refractivity contribution in [1.82, 2.24) is 4.47 Å². The Labute approximate surface area is 168 Å². The lowest BCUT2D eigenvalue weighted by Gasteiger charge is -2.21. The molecule has 2 aromatic rings. The fourth-order valence-corrected chi connectivity index (χ4v) is 4.44. The van der Waals surface area contributed by atoms with Crippen molar-refractivity contribution in [1.29, 1.82) is 0 Å². The van der Waals surface area contributed by atoms with Crippen LogP contribution in [0.1, 0.15) is 37.8 Å².